The highest BCUT2D eigenvalue weighted by atomic mass is 35.5. The quantitative estimate of drug-likeness (QED) is 0.768. The molecule has 6 heteroatoms. The number of hydrogen-bond acceptors (Lipinski definition) is 3. The van der Waals surface area contributed by atoms with Crippen molar-refractivity contribution in [3.05, 3.63) is 30.1 Å². The number of carbonyl (C=O) groups is 1. The van der Waals surface area contributed by atoms with Crippen LogP contribution in [0.2, 0.25) is 0 Å². The van der Waals surface area contributed by atoms with Crippen LogP contribution in [0.25, 0.3) is 0 Å². The molecule has 1 aromatic rings. The van der Waals surface area contributed by atoms with E-state index in [4.69, 9.17) is 5.73 Å². The second kappa shape index (κ2) is 9.38. The minimum Gasteiger partial charge on any atom is -0.345 e. The number of benzene rings is 1. The third kappa shape index (κ3) is 6.99. The summed E-state index contributed by atoms with van der Waals surface area (Å²) in [5.74, 6) is 0.467. The molecule has 0 saturated heterocycles. The molecule has 0 heterocycles. The Morgan fingerprint density at radius 2 is 1.91 bits per heavy atom. The Morgan fingerprint density at radius 1 is 1.36 bits per heavy atom. The molecule has 0 bridgehead atoms. The number of amides is 1. The van der Waals surface area contributed by atoms with Crippen LogP contribution in [-0.2, 0) is 4.79 Å². The van der Waals surface area contributed by atoms with Gasteiger partial charge in [-0.2, -0.15) is 0 Å². The minimum atomic E-state index is -0.243. The second-order valence-electron chi connectivity index (χ2n) is 6.23. The third-order valence-electron chi connectivity index (χ3n) is 3.33. The normalized spacial score (nSPS) is 12.5. The monoisotopic (exact) mass is 348 g/mol. The van der Waals surface area contributed by atoms with Crippen molar-refractivity contribution >= 4 is 30.1 Å². The number of hydrogen-bond donors (Lipinski definition) is 1. The van der Waals surface area contributed by atoms with Crippen LogP contribution >= 0.6 is 24.2 Å². The molecule has 1 atom stereocenters. The Labute approximate surface area is 143 Å². The maximum atomic E-state index is 12.8. The van der Waals surface area contributed by atoms with E-state index in [0.29, 0.717) is 18.8 Å². The molecule has 0 aromatic heterocycles. The average molecular weight is 349 g/mol. The van der Waals surface area contributed by atoms with E-state index >= 15 is 0 Å². The molecule has 126 valence electrons. The minimum absolute atomic E-state index is 0. The van der Waals surface area contributed by atoms with Crippen LogP contribution in [-0.4, -0.2) is 36.7 Å². The first-order valence-electron chi connectivity index (χ1n) is 7.08. The smallest absolute Gasteiger partial charge is 0.226 e. The Balaban J connectivity index is 0.00000441. The van der Waals surface area contributed by atoms with Crippen molar-refractivity contribution in [3.63, 3.8) is 0 Å². The van der Waals surface area contributed by atoms with E-state index in [1.165, 1.54) is 12.1 Å². The summed E-state index contributed by atoms with van der Waals surface area (Å²) >= 11 is 1.57. The van der Waals surface area contributed by atoms with Crippen LogP contribution in [0.5, 0.6) is 0 Å². The van der Waals surface area contributed by atoms with E-state index in [1.807, 2.05) is 14.0 Å². The summed E-state index contributed by atoms with van der Waals surface area (Å²) in [6.45, 7) is 7.21. The van der Waals surface area contributed by atoms with E-state index in [1.54, 1.807) is 28.8 Å². The molecule has 1 amide bonds. The molecule has 2 N–H and O–H groups in total. The molecular weight excluding hydrogens is 323 g/mol. The van der Waals surface area contributed by atoms with Gasteiger partial charge in [0, 0.05) is 30.2 Å². The molecule has 0 spiro atoms. The first kappa shape index (κ1) is 21.2. The number of nitrogens with two attached hydrogens (primary N) is 1. The summed E-state index contributed by atoms with van der Waals surface area (Å²) in [6, 6.07) is 6.34. The van der Waals surface area contributed by atoms with Gasteiger partial charge in [-0.05, 0) is 36.2 Å². The summed E-state index contributed by atoms with van der Waals surface area (Å²) in [7, 11) is 1.82. The Bertz CT molecular complexity index is 468. The fraction of sp³-hybridized carbons (Fsp3) is 0.562. The maximum Gasteiger partial charge on any atom is 0.226 e. The predicted octanol–water partition coefficient (Wildman–Crippen LogP) is 3.42. The zero-order chi connectivity index (χ0) is 16.0. The lowest BCUT2D eigenvalue weighted by molar-refractivity contribution is -0.134. The molecule has 1 rings (SSSR count). The number of carbonyl (C=O) groups excluding carboxylic acids is 1. The number of rotatable bonds is 7. The average Bonchev–Trinajstić information content (AvgIpc) is 2.45. The van der Waals surface area contributed by atoms with E-state index in [-0.39, 0.29) is 35.5 Å². The second-order valence-corrected chi connectivity index (χ2v) is 7.32. The molecule has 3 nitrogen and oxygen atoms in total. The van der Waals surface area contributed by atoms with Gasteiger partial charge < -0.3 is 10.6 Å². The lowest BCUT2D eigenvalue weighted by Crippen LogP contribution is -2.42. The van der Waals surface area contributed by atoms with Gasteiger partial charge in [-0.25, -0.2) is 4.39 Å². The molecule has 0 aliphatic heterocycles. The van der Waals surface area contributed by atoms with Crippen LogP contribution in [0, 0.1) is 17.2 Å². The zero-order valence-electron chi connectivity index (χ0n) is 13.6. The van der Waals surface area contributed by atoms with E-state index < -0.39 is 0 Å². The molecule has 1 unspecified atom stereocenters. The van der Waals surface area contributed by atoms with Gasteiger partial charge in [0.05, 0.1) is 0 Å². The molecule has 0 fully saturated rings. The molecular formula is C16H26ClFN2OS. The molecule has 0 aliphatic rings. The number of nitrogens with zero attached hydrogens (tertiary/aromatic N) is 1. The first-order valence-corrected chi connectivity index (χ1v) is 8.07. The van der Waals surface area contributed by atoms with Gasteiger partial charge in [0.25, 0.3) is 0 Å². The van der Waals surface area contributed by atoms with Gasteiger partial charge in [0.1, 0.15) is 5.82 Å². The van der Waals surface area contributed by atoms with Crippen molar-refractivity contribution < 1.29 is 9.18 Å². The summed E-state index contributed by atoms with van der Waals surface area (Å²) < 4.78 is 12.8. The maximum absolute atomic E-state index is 12.8. The summed E-state index contributed by atoms with van der Waals surface area (Å²) in [5.41, 5.74) is 5.63. The van der Waals surface area contributed by atoms with Crippen molar-refractivity contribution in [1.82, 2.24) is 4.90 Å². The number of halogens is 2. The highest BCUT2D eigenvalue weighted by Gasteiger charge is 2.24. The molecule has 0 radical (unpaired) electrons. The Hall–Kier alpha value is -0.780. The molecule has 1 aromatic carbocycles. The SMILES string of the molecule is CC(CSc1ccc(F)cc1)C(=O)N(C)CC(C)(C)CN.Cl. The van der Waals surface area contributed by atoms with Gasteiger partial charge in [-0.3, -0.25) is 4.79 Å². The van der Waals surface area contributed by atoms with Crippen molar-refractivity contribution in [2.24, 2.45) is 17.1 Å². The van der Waals surface area contributed by atoms with Crippen molar-refractivity contribution in [2.75, 3.05) is 25.9 Å². The summed E-state index contributed by atoms with van der Waals surface area (Å²) in [4.78, 5) is 15.0. The van der Waals surface area contributed by atoms with Crippen LogP contribution < -0.4 is 5.73 Å². The van der Waals surface area contributed by atoms with Gasteiger partial charge >= 0.3 is 0 Å². The van der Waals surface area contributed by atoms with Crippen molar-refractivity contribution in [3.8, 4) is 0 Å². The van der Waals surface area contributed by atoms with Crippen LogP contribution in [0.1, 0.15) is 20.8 Å². The van der Waals surface area contributed by atoms with E-state index in [9.17, 15) is 9.18 Å². The molecule has 0 aliphatic carbocycles. The highest BCUT2D eigenvalue weighted by molar-refractivity contribution is 7.99. The van der Waals surface area contributed by atoms with Gasteiger partial charge in [0.2, 0.25) is 5.91 Å². The topological polar surface area (TPSA) is 46.3 Å². The van der Waals surface area contributed by atoms with E-state index in [0.717, 1.165) is 4.90 Å². The first-order chi connectivity index (χ1) is 9.75. The fourth-order valence-electron chi connectivity index (χ4n) is 1.98. The highest BCUT2D eigenvalue weighted by Crippen LogP contribution is 2.22. The Morgan fingerprint density at radius 3 is 2.41 bits per heavy atom. The van der Waals surface area contributed by atoms with Gasteiger partial charge in [-0.1, -0.05) is 20.8 Å². The summed E-state index contributed by atoms with van der Waals surface area (Å²) in [6.07, 6.45) is 0. The summed E-state index contributed by atoms with van der Waals surface area (Å²) in [5, 5.41) is 0. The van der Waals surface area contributed by atoms with Crippen LogP contribution in [0.3, 0.4) is 0 Å². The number of thioether (sulfide) groups is 1. The van der Waals surface area contributed by atoms with Crippen LogP contribution in [0.15, 0.2) is 29.2 Å². The standard InChI is InChI=1S/C16H25FN2OS.ClH/c1-12(9-21-14-7-5-13(17)6-8-14)15(20)19(4)11-16(2,3)10-18;/h5-8,12H,9-11,18H2,1-4H3;1H. The van der Waals surface area contributed by atoms with Crippen LogP contribution in [0.4, 0.5) is 4.39 Å². The van der Waals surface area contributed by atoms with Crippen molar-refractivity contribution in [1.29, 1.82) is 0 Å². The van der Waals surface area contributed by atoms with E-state index in [2.05, 4.69) is 13.8 Å². The predicted molar refractivity (Wildman–Crippen MR) is 94.0 cm³/mol. The lowest BCUT2D eigenvalue weighted by Gasteiger charge is -2.30. The third-order valence-corrected chi connectivity index (χ3v) is 4.60. The largest absolute Gasteiger partial charge is 0.345 e. The Kier molecular flexibility index (Phi) is 9.05. The fourth-order valence-corrected chi connectivity index (χ4v) is 2.90. The van der Waals surface area contributed by atoms with Gasteiger partial charge in [0.15, 0.2) is 0 Å². The zero-order valence-corrected chi connectivity index (χ0v) is 15.3. The molecule has 22 heavy (non-hydrogen) atoms. The molecule has 0 saturated carbocycles. The lowest BCUT2D eigenvalue weighted by atomic mass is 9.93. The van der Waals surface area contributed by atoms with Crippen molar-refractivity contribution in [2.45, 2.75) is 25.7 Å². The van der Waals surface area contributed by atoms with Gasteiger partial charge in [-0.15, -0.1) is 24.2 Å².